The highest BCUT2D eigenvalue weighted by molar-refractivity contribution is 5.97. The van der Waals surface area contributed by atoms with Crippen LogP contribution in [-0.4, -0.2) is 35.2 Å². The van der Waals surface area contributed by atoms with Gasteiger partial charge in [-0.2, -0.15) is 10.2 Å². The molecule has 3 heterocycles. The van der Waals surface area contributed by atoms with Crippen molar-refractivity contribution in [2.75, 3.05) is 5.32 Å². The minimum absolute atomic E-state index is 0.234. The van der Waals surface area contributed by atoms with Crippen molar-refractivity contribution in [3.63, 3.8) is 0 Å². The molecule has 1 N–H and O–H groups in total. The van der Waals surface area contributed by atoms with Crippen LogP contribution in [0.25, 0.3) is 17.1 Å². The Balaban J connectivity index is 1.65. The van der Waals surface area contributed by atoms with Crippen molar-refractivity contribution in [1.82, 2.24) is 29.3 Å². The van der Waals surface area contributed by atoms with Gasteiger partial charge in [0.15, 0.2) is 5.82 Å². The molecule has 10 nitrogen and oxygen atoms in total. The number of hydrogen-bond acceptors (Lipinski definition) is 6. The maximum absolute atomic E-state index is 13.1. The molecule has 0 radical (unpaired) electrons. The van der Waals surface area contributed by atoms with E-state index in [9.17, 15) is 14.4 Å². The summed E-state index contributed by atoms with van der Waals surface area (Å²) in [6.07, 6.45) is 0. The number of carbonyl (C=O) groups is 1. The average molecular weight is 445 g/mol. The Morgan fingerprint density at radius 3 is 2.36 bits per heavy atom. The molecule has 0 aliphatic heterocycles. The maximum atomic E-state index is 13.1. The molecule has 33 heavy (non-hydrogen) atoms. The second-order valence-electron chi connectivity index (χ2n) is 7.70. The van der Waals surface area contributed by atoms with Crippen LogP contribution in [0.2, 0.25) is 0 Å². The number of hydrogen-bond donors (Lipinski definition) is 1. The Hall–Kier alpha value is -4.34. The van der Waals surface area contributed by atoms with Gasteiger partial charge in [0.1, 0.15) is 6.04 Å². The molecule has 0 saturated carbocycles. The van der Waals surface area contributed by atoms with Gasteiger partial charge in [0.05, 0.1) is 17.1 Å². The maximum Gasteiger partial charge on any atom is 0.267 e. The highest BCUT2D eigenvalue weighted by Crippen LogP contribution is 2.26. The number of carbonyl (C=O) groups excluding carboxylic acids is 1. The zero-order chi connectivity index (χ0) is 23.7. The van der Waals surface area contributed by atoms with Crippen LogP contribution in [0.5, 0.6) is 0 Å². The molecule has 0 spiro atoms. The second-order valence-corrected chi connectivity index (χ2v) is 7.70. The predicted octanol–water partition coefficient (Wildman–Crippen LogP) is 2.01. The zero-order valence-electron chi connectivity index (χ0n) is 18.7. The van der Waals surface area contributed by atoms with E-state index >= 15 is 0 Å². The molecule has 1 amide bonds. The number of aromatic nitrogens is 6. The van der Waals surface area contributed by atoms with Gasteiger partial charge in [-0.3, -0.25) is 14.4 Å². The molecule has 10 heteroatoms. The lowest BCUT2D eigenvalue weighted by Crippen LogP contribution is -2.34. The van der Waals surface area contributed by atoms with Gasteiger partial charge >= 0.3 is 0 Å². The van der Waals surface area contributed by atoms with Crippen LogP contribution in [0.1, 0.15) is 24.4 Å². The summed E-state index contributed by atoms with van der Waals surface area (Å²) < 4.78 is 3.98. The molecular weight excluding hydrogens is 422 g/mol. The second kappa shape index (κ2) is 8.65. The molecule has 3 aromatic heterocycles. The topological polar surface area (TPSA) is 117 Å². The van der Waals surface area contributed by atoms with Crippen molar-refractivity contribution in [2.45, 2.75) is 26.8 Å². The normalized spacial score (nSPS) is 11.9. The molecule has 0 aliphatic carbocycles. The fourth-order valence-corrected chi connectivity index (χ4v) is 3.48. The summed E-state index contributed by atoms with van der Waals surface area (Å²) in [6.45, 7) is 5.35. The molecule has 1 atom stereocenters. The van der Waals surface area contributed by atoms with E-state index in [1.807, 2.05) is 26.0 Å². The SMILES string of the molecule is Cc1cc(C)n(-c2ccc(=O)n([C@H](C)C(=O)Nc3ccccc3-c3ccc(=O)n(C)n3)n2)n1. The Morgan fingerprint density at radius 1 is 0.939 bits per heavy atom. The Morgan fingerprint density at radius 2 is 1.67 bits per heavy atom. The van der Waals surface area contributed by atoms with E-state index < -0.39 is 17.5 Å². The molecule has 0 fully saturated rings. The van der Waals surface area contributed by atoms with Gasteiger partial charge in [-0.15, -0.1) is 5.10 Å². The van der Waals surface area contributed by atoms with Crippen molar-refractivity contribution >= 4 is 11.6 Å². The number of anilines is 1. The van der Waals surface area contributed by atoms with E-state index in [1.165, 1.54) is 16.8 Å². The standard InChI is InChI=1S/C23H23N7O3/c1-14-13-15(2)29(25-14)20-10-12-22(32)30(27-20)16(3)23(33)24-18-8-6-5-7-17(18)19-9-11-21(31)28(4)26-19/h5-13,16H,1-4H3,(H,24,33)/t16-/m1/s1. The van der Waals surface area contributed by atoms with E-state index in [0.717, 1.165) is 16.1 Å². The Bertz CT molecular complexity index is 1470. The molecule has 0 bridgehead atoms. The van der Waals surface area contributed by atoms with Gasteiger partial charge in [-0.25, -0.2) is 14.0 Å². The molecule has 0 aliphatic rings. The molecule has 1 aromatic carbocycles. The summed E-state index contributed by atoms with van der Waals surface area (Å²) in [7, 11) is 1.56. The van der Waals surface area contributed by atoms with Gasteiger partial charge in [-0.1, -0.05) is 18.2 Å². The largest absolute Gasteiger partial charge is 0.324 e. The van der Waals surface area contributed by atoms with Gasteiger partial charge in [-0.05, 0) is 45.0 Å². The quantitative estimate of drug-likeness (QED) is 0.502. The lowest BCUT2D eigenvalue weighted by molar-refractivity contribution is -0.119. The summed E-state index contributed by atoms with van der Waals surface area (Å²) in [5.41, 5.74) is 2.72. The van der Waals surface area contributed by atoms with E-state index in [4.69, 9.17) is 0 Å². The van der Waals surface area contributed by atoms with Crippen LogP contribution in [0, 0.1) is 13.8 Å². The number of amides is 1. The van der Waals surface area contributed by atoms with Crippen LogP contribution in [0.15, 0.2) is 64.2 Å². The lowest BCUT2D eigenvalue weighted by atomic mass is 10.1. The van der Waals surface area contributed by atoms with E-state index in [1.54, 1.807) is 49.0 Å². The van der Waals surface area contributed by atoms with Crippen LogP contribution in [0.3, 0.4) is 0 Å². The monoisotopic (exact) mass is 445 g/mol. The Labute approximate surface area is 189 Å². The van der Waals surface area contributed by atoms with Gasteiger partial charge in [0, 0.05) is 30.4 Å². The number of aryl methyl sites for hydroxylation is 3. The van der Waals surface area contributed by atoms with E-state index in [2.05, 4.69) is 20.6 Å². The summed E-state index contributed by atoms with van der Waals surface area (Å²) in [5, 5.41) is 15.9. The fourth-order valence-electron chi connectivity index (χ4n) is 3.48. The van der Waals surface area contributed by atoms with Gasteiger partial charge < -0.3 is 5.32 Å². The highest BCUT2D eigenvalue weighted by Gasteiger charge is 2.20. The van der Waals surface area contributed by atoms with Crippen LogP contribution >= 0.6 is 0 Å². The predicted molar refractivity (Wildman–Crippen MR) is 123 cm³/mol. The van der Waals surface area contributed by atoms with Gasteiger partial charge in [0.25, 0.3) is 11.1 Å². The first-order chi connectivity index (χ1) is 15.7. The van der Waals surface area contributed by atoms with Crippen LogP contribution < -0.4 is 16.4 Å². The number of nitrogens with one attached hydrogen (secondary N) is 1. The third kappa shape index (κ3) is 4.36. The smallest absolute Gasteiger partial charge is 0.267 e. The summed E-state index contributed by atoms with van der Waals surface area (Å²) in [6, 6.07) is 14.1. The molecule has 4 rings (SSSR count). The summed E-state index contributed by atoms with van der Waals surface area (Å²) >= 11 is 0. The van der Waals surface area contributed by atoms with Crippen molar-refractivity contribution in [2.24, 2.45) is 7.05 Å². The first-order valence-corrected chi connectivity index (χ1v) is 10.3. The number of rotatable bonds is 5. The first-order valence-electron chi connectivity index (χ1n) is 10.3. The van der Waals surface area contributed by atoms with Crippen LogP contribution in [0.4, 0.5) is 5.69 Å². The van der Waals surface area contributed by atoms with Crippen molar-refractivity contribution in [1.29, 1.82) is 0 Å². The number of nitrogens with zero attached hydrogens (tertiary/aromatic N) is 6. The molecule has 168 valence electrons. The van der Waals surface area contributed by atoms with E-state index in [-0.39, 0.29) is 5.56 Å². The average Bonchev–Trinajstić information content (AvgIpc) is 3.13. The third-order valence-electron chi connectivity index (χ3n) is 5.21. The number of para-hydroxylation sites is 1. The third-order valence-corrected chi connectivity index (χ3v) is 5.21. The Kier molecular flexibility index (Phi) is 5.74. The molecular formula is C23H23N7O3. The number of benzene rings is 1. The van der Waals surface area contributed by atoms with Crippen molar-refractivity contribution in [3.8, 4) is 17.1 Å². The molecule has 4 aromatic rings. The molecule has 0 unspecified atom stereocenters. The molecule has 0 saturated heterocycles. The minimum Gasteiger partial charge on any atom is -0.324 e. The van der Waals surface area contributed by atoms with Gasteiger partial charge in [0.2, 0.25) is 5.91 Å². The summed E-state index contributed by atoms with van der Waals surface area (Å²) in [5.74, 6) is 0.0158. The lowest BCUT2D eigenvalue weighted by Gasteiger charge is -2.17. The van der Waals surface area contributed by atoms with Crippen molar-refractivity contribution < 1.29 is 4.79 Å². The zero-order valence-corrected chi connectivity index (χ0v) is 18.7. The van der Waals surface area contributed by atoms with E-state index in [0.29, 0.717) is 22.8 Å². The minimum atomic E-state index is -0.893. The van der Waals surface area contributed by atoms with Crippen molar-refractivity contribution in [3.05, 3.63) is 86.7 Å². The van der Waals surface area contributed by atoms with Crippen LogP contribution in [-0.2, 0) is 11.8 Å². The summed E-state index contributed by atoms with van der Waals surface area (Å²) in [4.78, 5) is 37.3. The first kappa shape index (κ1) is 21.9. The fraction of sp³-hybridized carbons (Fsp3) is 0.217. The highest BCUT2D eigenvalue weighted by atomic mass is 16.2.